The van der Waals surface area contributed by atoms with E-state index in [2.05, 4.69) is 81.5 Å². The first kappa shape index (κ1) is 73.1. The van der Waals surface area contributed by atoms with Gasteiger partial charge in [-0.15, -0.1) is 0 Å². The minimum Gasteiger partial charge on any atom is -0.462 e. The quantitative estimate of drug-likeness (QED) is 0.0261. The lowest BCUT2D eigenvalue weighted by atomic mass is 10.0. The van der Waals surface area contributed by atoms with E-state index >= 15 is 0 Å². The van der Waals surface area contributed by atoms with Crippen LogP contribution >= 0.6 is 0 Å². The fraction of sp³-hybridized carbons (Fsp3) is 0.814. The summed E-state index contributed by atoms with van der Waals surface area (Å²) in [4.78, 5) is 38.0. The van der Waals surface area contributed by atoms with Gasteiger partial charge in [-0.25, -0.2) is 0 Å². The van der Waals surface area contributed by atoms with E-state index in [0.29, 0.717) is 19.3 Å². The molecule has 0 spiro atoms. The molecule has 0 heterocycles. The van der Waals surface area contributed by atoms with E-state index in [1.165, 1.54) is 231 Å². The molecule has 6 heteroatoms. The zero-order valence-corrected chi connectivity index (χ0v) is 50.8. The Morgan fingerprint density at radius 3 is 0.737 bits per heavy atom. The summed E-state index contributed by atoms with van der Waals surface area (Å²) in [6.45, 7) is 6.60. The van der Waals surface area contributed by atoms with E-state index in [9.17, 15) is 14.4 Å². The number of hydrogen-bond donors (Lipinski definition) is 0. The van der Waals surface area contributed by atoms with Crippen molar-refractivity contribution >= 4 is 17.9 Å². The van der Waals surface area contributed by atoms with Gasteiger partial charge in [0.05, 0.1) is 0 Å². The molecule has 0 aliphatic rings. The molecule has 0 aromatic heterocycles. The van der Waals surface area contributed by atoms with Crippen LogP contribution in [0.15, 0.2) is 60.8 Å². The maximum absolute atomic E-state index is 12.9. The van der Waals surface area contributed by atoms with E-state index in [4.69, 9.17) is 14.2 Å². The predicted octanol–water partition coefficient (Wildman–Crippen LogP) is 22.7. The van der Waals surface area contributed by atoms with Crippen molar-refractivity contribution in [3.8, 4) is 0 Å². The predicted molar refractivity (Wildman–Crippen MR) is 330 cm³/mol. The first-order valence-corrected chi connectivity index (χ1v) is 33.3. The molecule has 0 aromatic carbocycles. The Kier molecular flexibility index (Phi) is 62.2. The van der Waals surface area contributed by atoms with Gasteiger partial charge >= 0.3 is 17.9 Å². The van der Waals surface area contributed by atoms with Crippen molar-refractivity contribution < 1.29 is 28.6 Å². The summed E-state index contributed by atoms with van der Waals surface area (Å²) in [6, 6.07) is 0. The zero-order chi connectivity index (χ0) is 55.0. The van der Waals surface area contributed by atoms with Gasteiger partial charge in [0.25, 0.3) is 0 Å². The van der Waals surface area contributed by atoms with Crippen molar-refractivity contribution in [3.05, 3.63) is 60.8 Å². The SMILES string of the molecule is CCCCCCC/C=C\C/C=C\C/C=C\CCCCCCCCCCCCCCCCC(=O)OCC(COC(=O)CCCCCCCC)OC(=O)CCCCCCCCCCCCC/C=C\C/C=C\CCCCCCC. The summed E-state index contributed by atoms with van der Waals surface area (Å²) in [6.07, 6.45) is 82.7. The molecule has 0 aliphatic heterocycles. The lowest BCUT2D eigenvalue weighted by molar-refractivity contribution is -0.167. The fourth-order valence-electron chi connectivity index (χ4n) is 9.72. The summed E-state index contributed by atoms with van der Waals surface area (Å²) in [5.41, 5.74) is 0. The van der Waals surface area contributed by atoms with E-state index < -0.39 is 6.10 Å². The minimum atomic E-state index is -0.772. The van der Waals surface area contributed by atoms with Crippen LogP contribution in [0.25, 0.3) is 0 Å². The minimum absolute atomic E-state index is 0.0724. The highest BCUT2D eigenvalue weighted by Crippen LogP contribution is 2.17. The molecule has 0 saturated carbocycles. The lowest BCUT2D eigenvalue weighted by Crippen LogP contribution is -2.30. The van der Waals surface area contributed by atoms with Crippen LogP contribution in [0.5, 0.6) is 0 Å². The topological polar surface area (TPSA) is 78.9 Å². The number of allylic oxidation sites excluding steroid dienone is 10. The highest BCUT2D eigenvalue weighted by molar-refractivity contribution is 5.71. The van der Waals surface area contributed by atoms with Crippen LogP contribution in [-0.2, 0) is 28.6 Å². The van der Waals surface area contributed by atoms with Gasteiger partial charge in [0.1, 0.15) is 13.2 Å². The average Bonchev–Trinajstić information content (AvgIpc) is 3.42. The van der Waals surface area contributed by atoms with Crippen LogP contribution in [0.4, 0.5) is 0 Å². The molecule has 0 rings (SSSR count). The van der Waals surface area contributed by atoms with Crippen molar-refractivity contribution in [2.24, 2.45) is 0 Å². The second-order valence-corrected chi connectivity index (χ2v) is 22.4. The Balaban J connectivity index is 4.04. The van der Waals surface area contributed by atoms with Crippen molar-refractivity contribution in [3.63, 3.8) is 0 Å². The number of hydrogen-bond acceptors (Lipinski definition) is 6. The van der Waals surface area contributed by atoms with Gasteiger partial charge in [-0.05, 0) is 89.9 Å². The molecule has 6 nitrogen and oxygen atoms in total. The van der Waals surface area contributed by atoms with Crippen molar-refractivity contribution in [2.75, 3.05) is 13.2 Å². The number of carbonyl (C=O) groups excluding carboxylic acids is 3. The first-order valence-electron chi connectivity index (χ1n) is 33.3. The molecule has 0 N–H and O–H groups in total. The molecule has 0 aliphatic carbocycles. The maximum Gasteiger partial charge on any atom is 0.306 e. The van der Waals surface area contributed by atoms with E-state index in [1.807, 2.05) is 0 Å². The highest BCUT2D eigenvalue weighted by atomic mass is 16.6. The van der Waals surface area contributed by atoms with E-state index in [1.54, 1.807) is 0 Å². The molecule has 0 saturated heterocycles. The van der Waals surface area contributed by atoms with Crippen LogP contribution in [0, 0.1) is 0 Å². The Labute approximate surface area is 472 Å². The molecule has 442 valence electrons. The van der Waals surface area contributed by atoms with Crippen LogP contribution in [0.1, 0.15) is 348 Å². The van der Waals surface area contributed by atoms with E-state index in [0.717, 1.165) is 77.0 Å². The van der Waals surface area contributed by atoms with Crippen molar-refractivity contribution in [1.29, 1.82) is 0 Å². The van der Waals surface area contributed by atoms with Gasteiger partial charge < -0.3 is 14.2 Å². The van der Waals surface area contributed by atoms with Crippen LogP contribution < -0.4 is 0 Å². The normalized spacial score (nSPS) is 12.4. The highest BCUT2D eigenvalue weighted by Gasteiger charge is 2.19. The van der Waals surface area contributed by atoms with Crippen molar-refractivity contribution in [1.82, 2.24) is 0 Å². The van der Waals surface area contributed by atoms with Crippen LogP contribution in [0.2, 0.25) is 0 Å². The summed E-state index contributed by atoms with van der Waals surface area (Å²) in [5.74, 6) is -0.868. The van der Waals surface area contributed by atoms with Gasteiger partial charge in [0.2, 0.25) is 0 Å². The maximum atomic E-state index is 12.9. The zero-order valence-electron chi connectivity index (χ0n) is 50.8. The monoisotopic (exact) mass is 1060 g/mol. The van der Waals surface area contributed by atoms with Crippen LogP contribution in [-0.4, -0.2) is 37.2 Å². The average molecular weight is 1060 g/mol. The number of unbranched alkanes of at least 4 members (excludes halogenated alkanes) is 40. The second kappa shape index (κ2) is 64.6. The molecule has 76 heavy (non-hydrogen) atoms. The standard InChI is InChI=1S/C70H126O6/c1-4-7-10-13-16-18-20-22-24-26-28-30-32-33-34-35-36-37-39-40-42-44-46-48-50-52-54-57-60-63-69(72)75-66-67(65-74-68(71)62-59-56-15-12-9-6-3)76-70(73)64-61-58-55-53-51-49-47-45-43-41-38-31-29-27-25-23-21-19-17-14-11-8-5-2/h20-23,26-29,32-33,67H,4-19,24-25,30-31,34-66H2,1-3H3/b22-20-,23-21-,28-26-,29-27-,33-32-. The summed E-state index contributed by atoms with van der Waals surface area (Å²) < 4.78 is 16.8. The number of esters is 3. The summed E-state index contributed by atoms with van der Waals surface area (Å²) in [5, 5.41) is 0. The smallest absolute Gasteiger partial charge is 0.306 e. The van der Waals surface area contributed by atoms with E-state index in [-0.39, 0.29) is 31.1 Å². The lowest BCUT2D eigenvalue weighted by Gasteiger charge is -2.18. The summed E-state index contributed by atoms with van der Waals surface area (Å²) in [7, 11) is 0. The van der Waals surface area contributed by atoms with Crippen molar-refractivity contribution in [2.45, 2.75) is 354 Å². The Hall–Kier alpha value is -2.89. The second-order valence-electron chi connectivity index (χ2n) is 22.4. The van der Waals surface area contributed by atoms with Gasteiger partial charge in [-0.1, -0.05) is 300 Å². The molecule has 1 unspecified atom stereocenters. The van der Waals surface area contributed by atoms with Gasteiger partial charge in [0, 0.05) is 19.3 Å². The fourth-order valence-corrected chi connectivity index (χ4v) is 9.72. The third kappa shape index (κ3) is 62.0. The summed E-state index contributed by atoms with van der Waals surface area (Å²) >= 11 is 0. The van der Waals surface area contributed by atoms with Gasteiger partial charge in [-0.2, -0.15) is 0 Å². The molecular weight excluding hydrogens is 937 g/mol. The largest absolute Gasteiger partial charge is 0.462 e. The third-order valence-corrected chi connectivity index (χ3v) is 14.7. The van der Waals surface area contributed by atoms with Gasteiger partial charge in [0.15, 0.2) is 6.10 Å². The molecule has 1 atom stereocenters. The van der Waals surface area contributed by atoms with Gasteiger partial charge in [-0.3, -0.25) is 14.4 Å². The third-order valence-electron chi connectivity index (χ3n) is 14.7. The Morgan fingerprint density at radius 1 is 0.263 bits per heavy atom. The molecule has 0 bridgehead atoms. The molecule has 0 fully saturated rings. The molecule has 0 aromatic rings. The van der Waals surface area contributed by atoms with Crippen LogP contribution in [0.3, 0.4) is 0 Å². The molecule has 0 radical (unpaired) electrons. The number of carbonyl (C=O) groups is 3. The first-order chi connectivity index (χ1) is 37.5. The number of ether oxygens (including phenoxy) is 3. The Bertz CT molecular complexity index is 1360. The Morgan fingerprint density at radius 2 is 0.474 bits per heavy atom. The molecule has 0 amide bonds. The number of rotatable bonds is 61. The molecular formula is C70H126O6.